The first-order valence-corrected chi connectivity index (χ1v) is 16.0. The van der Waals surface area contributed by atoms with Crippen molar-refractivity contribution in [1.29, 1.82) is 0 Å². The molecule has 1 amide bonds. The lowest BCUT2D eigenvalue weighted by molar-refractivity contribution is -0.0440. The van der Waals surface area contributed by atoms with Gasteiger partial charge in [0.15, 0.2) is 0 Å². The van der Waals surface area contributed by atoms with Crippen LogP contribution in [0, 0.1) is 0 Å². The molecule has 5 aromatic rings. The van der Waals surface area contributed by atoms with Crippen molar-refractivity contribution in [1.82, 2.24) is 9.29 Å². The largest absolute Gasteiger partial charge is 0.497 e. The number of ether oxygens (including phenoxy) is 2. The van der Waals surface area contributed by atoms with E-state index < -0.39 is 15.9 Å². The van der Waals surface area contributed by atoms with Crippen molar-refractivity contribution in [3.63, 3.8) is 0 Å². The van der Waals surface area contributed by atoms with Gasteiger partial charge in [0.1, 0.15) is 17.6 Å². The predicted octanol–water partition coefficient (Wildman–Crippen LogP) is 4.89. The highest BCUT2D eigenvalue weighted by Gasteiger charge is 2.32. The van der Waals surface area contributed by atoms with E-state index in [4.69, 9.17) is 13.9 Å². The molecule has 1 aliphatic heterocycles. The molecule has 2 aromatic heterocycles. The molecule has 2 unspecified atom stereocenters. The van der Waals surface area contributed by atoms with Gasteiger partial charge in [-0.3, -0.25) is 9.59 Å². The number of carbonyl (C=O) groups excluding carboxylic acids is 1. The zero-order valence-electron chi connectivity index (χ0n) is 24.0. The lowest BCUT2D eigenvalue weighted by Gasteiger charge is -2.34. The van der Waals surface area contributed by atoms with Crippen LogP contribution >= 0.6 is 11.3 Å². The number of sulfonamides is 1. The summed E-state index contributed by atoms with van der Waals surface area (Å²) >= 11 is 1.21. The summed E-state index contributed by atoms with van der Waals surface area (Å²) in [6.45, 7) is 4.13. The summed E-state index contributed by atoms with van der Waals surface area (Å²) in [5.41, 5.74) is 1.06. The molecule has 13 heteroatoms. The van der Waals surface area contributed by atoms with Crippen LogP contribution in [0.15, 0.2) is 92.2 Å². The minimum Gasteiger partial charge on any atom is -0.497 e. The maximum atomic E-state index is 13.9. The van der Waals surface area contributed by atoms with Gasteiger partial charge in [-0.15, -0.1) is 0 Å². The molecular formula is C31H28N4O7S2. The first-order chi connectivity index (χ1) is 21.1. The average molecular weight is 633 g/mol. The second-order valence-corrected chi connectivity index (χ2v) is 13.3. The molecule has 0 spiro atoms. The highest BCUT2D eigenvalue weighted by Crippen LogP contribution is 2.33. The zero-order chi connectivity index (χ0) is 31.0. The molecule has 1 saturated heterocycles. The predicted molar refractivity (Wildman–Crippen MR) is 168 cm³/mol. The fourth-order valence-electron chi connectivity index (χ4n) is 4.97. The zero-order valence-corrected chi connectivity index (χ0v) is 25.7. The van der Waals surface area contributed by atoms with E-state index >= 15 is 0 Å². The van der Waals surface area contributed by atoms with Gasteiger partial charge in [0, 0.05) is 18.7 Å². The minimum absolute atomic E-state index is 0.0613. The summed E-state index contributed by atoms with van der Waals surface area (Å²) in [6.07, 6.45) is 2.06. The van der Waals surface area contributed by atoms with Gasteiger partial charge >= 0.3 is 0 Å². The number of morpholine rings is 1. The molecule has 1 aliphatic rings. The number of rotatable bonds is 7. The molecule has 3 heterocycles. The molecule has 2 atom stereocenters. The van der Waals surface area contributed by atoms with Crippen molar-refractivity contribution in [2.75, 3.05) is 25.2 Å². The van der Waals surface area contributed by atoms with Crippen LogP contribution in [-0.2, 0) is 14.8 Å². The van der Waals surface area contributed by atoms with Gasteiger partial charge in [0.05, 0.1) is 51.6 Å². The molecule has 44 heavy (non-hydrogen) atoms. The number of amides is 1. The Morgan fingerprint density at radius 3 is 2.55 bits per heavy atom. The first-order valence-electron chi connectivity index (χ1n) is 13.7. The van der Waals surface area contributed by atoms with Gasteiger partial charge in [-0.1, -0.05) is 23.5 Å². The molecule has 226 valence electrons. The molecule has 1 fully saturated rings. The normalized spacial score (nSPS) is 17.8. The second-order valence-electron chi connectivity index (χ2n) is 10.3. The fraction of sp³-hybridized carbons (Fsp3) is 0.226. The third kappa shape index (κ3) is 5.74. The standard InChI is InChI=1S/C31H28N4O7S2/c1-19-16-34(17-20(2)42-19)44(38,39)24-11-8-21(9-12-24)30(37)35(31-33-26-13-10-23(40-3)14-28(26)43-31)32-15-22-18-41-27-7-5-4-6-25(27)29(22)36/h4-15,18-20H,16-17H2,1-3H3/b32-15+. The van der Waals surface area contributed by atoms with Crippen LogP contribution in [0.1, 0.15) is 29.8 Å². The van der Waals surface area contributed by atoms with Gasteiger partial charge < -0.3 is 13.9 Å². The molecule has 3 aromatic carbocycles. The van der Waals surface area contributed by atoms with Crippen molar-refractivity contribution < 1.29 is 27.1 Å². The first kappa shape index (κ1) is 29.6. The molecule has 0 N–H and O–H groups in total. The number of benzene rings is 3. The maximum absolute atomic E-state index is 13.9. The number of methoxy groups -OCH3 is 1. The van der Waals surface area contributed by atoms with Crippen LogP contribution in [-0.4, -0.2) is 62.2 Å². The molecule has 0 bridgehead atoms. The molecule has 0 radical (unpaired) electrons. The van der Waals surface area contributed by atoms with Crippen LogP contribution in [0.4, 0.5) is 5.13 Å². The summed E-state index contributed by atoms with van der Waals surface area (Å²) in [7, 11) is -2.25. The van der Waals surface area contributed by atoms with E-state index in [0.29, 0.717) is 22.2 Å². The van der Waals surface area contributed by atoms with Crippen LogP contribution in [0.2, 0.25) is 0 Å². The monoisotopic (exact) mass is 632 g/mol. The Morgan fingerprint density at radius 1 is 1.09 bits per heavy atom. The topological polar surface area (TPSA) is 132 Å². The summed E-state index contributed by atoms with van der Waals surface area (Å²) in [6, 6.07) is 17.8. The van der Waals surface area contributed by atoms with E-state index in [2.05, 4.69) is 10.1 Å². The quantitative estimate of drug-likeness (QED) is 0.183. The molecular weight excluding hydrogens is 604 g/mol. The number of carbonyl (C=O) groups is 1. The Labute approximate surface area is 257 Å². The average Bonchev–Trinajstić information content (AvgIpc) is 3.44. The van der Waals surface area contributed by atoms with Crippen LogP contribution < -0.4 is 15.2 Å². The fourth-order valence-corrected chi connectivity index (χ4v) is 7.51. The van der Waals surface area contributed by atoms with Crippen molar-refractivity contribution >= 4 is 59.8 Å². The molecule has 0 saturated carbocycles. The van der Waals surface area contributed by atoms with Crippen LogP contribution in [0.5, 0.6) is 5.75 Å². The molecule has 0 aliphatic carbocycles. The third-order valence-electron chi connectivity index (χ3n) is 7.10. The van der Waals surface area contributed by atoms with E-state index in [1.165, 1.54) is 52.4 Å². The summed E-state index contributed by atoms with van der Waals surface area (Å²) in [5, 5.41) is 6.09. The summed E-state index contributed by atoms with van der Waals surface area (Å²) < 4.78 is 45.4. The van der Waals surface area contributed by atoms with Crippen LogP contribution in [0.3, 0.4) is 0 Å². The van der Waals surface area contributed by atoms with Crippen LogP contribution in [0.25, 0.3) is 21.2 Å². The van der Waals surface area contributed by atoms with E-state index in [1.807, 2.05) is 13.8 Å². The SMILES string of the molecule is COc1ccc2nc(N(/N=C/c3coc4ccccc4c3=O)C(=O)c3ccc(S(=O)(=O)N4CC(C)OC(C)C4)cc3)sc2c1. The highest BCUT2D eigenvalue weighted by atomic mass is 32.2. The summed E-state index contributed by atoms with van der Waals surface area (Å²) in [5.74, 6) is 0.0544. The Bertz CT molecular complexity index is 2050. The Balaban J connectivity index is 1.36. The number of hydrogen-bond acceptors (Lipinski definition) is 10. The van der Waals surface area contributed by atoms with Crippen molar-refractivity contribution in [3.8, 4) is 5.75 Å². The van der Waals surface area contributed by atoms with E-state index in [-0.39, 0.29) is 51.9 Å². The van der Waals surface area contributed by atoms with Gasteiger partial charge in [-0.05, 0) is 68.4 Å². The Hall–Kier alpha value is -4.43. The van der Waals surface area contributed by atoms with E-state index in [0.717, 1.165) is 9.71 Å². The van der Waals surface area contributed by atoms with E-state index in [1.54, 1.807) is 49.6 Å². The highest BCUT2D eigenvalue weighted by molar-refractivity contribution is 7.89. The van der Waals surface area contributed by atoms with Gasteiger partial charge in [-0.25, -0.2) is 13.4 Å². The number of hydrazone groups is 1. The lowest BCUT2D eigenvalue weighted by Crippen LogP contribution is -2.48. The number of nitrogens with zero attached hydrogens (tertiary/aromatic N) is 4. The summed E-state index contributed by atoms with van der Waals surface area (Å²) in [4.78, 5) is 31.6. The van der Waals surface area contributed by atoms with Gasteiger partial charge in [0.25, 0.3) is 5.91 Å². The van der Waals surface area contributed by atoms with Crippen molar-refractivity contribution in [2.24, 2.45) is 5.10 Å². The number of aromatic nitrogens is 1. The molecule has 6 rings (SSSR count). The number of anilines is 1. The number of fused-ring (bicyclic) bond motifs is 2. The second kappa shape index (κ2) is 11.9. The Kier molecular flexibility index (Phi) is 8.03. The number of para-hydroxylation sites is 1. The van der Waals surface area contributed by atoms with Crippen molar-refractivity contribution in [2.45, 2.75) is 31.0 Å². The third-order valence-corrected chi connectivity index (χ3v) is 9.94. The van der Waals surface area contributed by atoms with Gasteiger partial charge in [0.2, 0.25) is 20.6 Å². The minimum atomic E-state index is -3.80. The van der Waals surface area contributed by atoms with Gasteiger partial charge in [-0.2, -0.15) is 14.4 Å². The van der Waals surface area contributed by atoms with E-state index in [9.17, 15) is 18.0 Å². The maximum Gasteiger partial charge on any atom is 0.280 e. The number of hydrogen-bond donors (Lipinski definition) is 0. The lowest BCUT2D eigenvalue weighted by atomic mass is 10.2. The number of thiazole rings is 1. The Morgan fingerprint density at radius 2 is 1.82 bits per heavy atom. The van der Waals surface area contributed by atoms with Crippen molar-refractivity contribution in [3.05, 3.63) is 94.3 Å². The smallest absolute Gasteiger partial charge is 0.280 e. The molecule has 11 nitrogen and oxygen atoms in total.